The number of aromatic nitrogens is 1. The van der Waals surface area contributed by atoms with Crippen molar-refractivity contribution in [3.8, 4) is 0 Å². The number of rotatable bonds is 6. The maximum Gasteiger partial charge on any atom is 0.417 e. The number of halogens is 3. The first-order chi connectivity index (χ1) is 15.1. The topological polar surface area (TPSA) is 77.4 Å². The highest BCUT2D eigenvalue weighted by Gasteiger charge is 2.31. The highest BCUT2D eigenvalue weighted by Crippen LogP contribution is 2.28. The number of alkyl halides is 3. The molecule has 1 heterocycles. The molecule has 32 heavy (non-hydrogen) atoms. The molecule has 0 unspecified atom stereocenters. The van der Waals surface area contributed by atoms with Crippen molar-refractivity contribution >= 4 is 17.6 Å². The zero-order valence-electron chi connectivity index (χ0n) is 16.9. The molecule has 1 amide bonds. The summed E-state index contributed by atoms with van der Waals surface area (Å²) in [5, 5.41) is 2.64. The van der Waals surface area contributed by atoms with Crippen LogP contribution in [0, 0.1) is 6.92 Å². The van der Waals surface area contributed by atoms with Crippen molar-refractivity contribution < 1.29 is 27.5 Å². The van der Waals surface area contributed by atoms with E-state index in [0.29, 0.717) is 28.1 Å². The molecule has 6 nitrogen and oxygen atoms in total. The Hall–Kier alpha value is -3.88. The molecule has 0 aliphatic heterocycles. The molecular formula is C23H19F3N2O4. The number of ether oxygens (including phenoxy) is 1. The first kappa shape index (κ1) is 22.8. The maximum absolute atomic E-state index is 12.9. The van der Waals surface area contributed by atoms with Crippen molar-refractivity contribution in [2.45, 2.75) is 25.7 Å². The molecule has 0 aliphatic carbocycles. The number of anilines is 1. The number of carbonyl (C=O) groups is 2. The Bertz CT molecular complexity index is 1160. The van der Waals surface area contributed by atoms with Crippen LogP contribution in [0.2, 0.25) is 0 Å². The lowest BCUT2D eigenvalue weighted by Gasteiger charge is -2.19. The van der Waals surface area contributed by atoms with Crippen LogP contribution < -0.4 is 10.9 Å². The number of benzene rings is 2. The average molecular weight is 444 g/mol. The quantitative estimate of drug-likeness (QED) is 0.581. The van der Waals surface area contributed by atoms with E-state index in [1.807, 2.05) is 6.92 Å². The van der Waals surface area contributed by atoms with Crippen molar-refractivity contribution in [2.24, 2.45) is 0 Å². The summed E-state index contributed by atoms with van der Waals surface area (Å²) < 4.78 is 44.6. The van der Waals surface area contributed by atoms with Crippen molar-refractivity contribution in [1.82, 2.24) is 4.57 Å². The third-order valence-electron chi connectivity index (χ3n) is 4.52. The zero-order chi connectivity index (χ0) is 23.3. The van der Waals surface area contributed by atoms with E-state index in [4.69, 9.17) is 4.74 Å². The number of carbonyl (C=O) groups excluding carboxylic acids is 2. The van der Waals surface area contributed by atoms with Crippen LogP contribution in [0.4, 0.5) is 18.9 Å². The molecule has 0 spiro atoms. The number of hydrogen-bond acceptors (Lipinski definition) is 4. The summed E-state index contributed by atoms with van der Waals surface area (Å²) in [7, 11) is 0. The van der Waals surface area contributed by atoms with E-state index in [1.54, 1.807) is 54.6 Å². The molecule has 0 bridgehead atoms. The van der Waals surface area contributed by atoms with Gasteiger partial charge in [0.1, 0.15) is 6.54 Å². The second-order valence-corrected chi connectivity index (χ2v) is 7.02. The summed E-state index contributed by atoms with van der Waals surface area (Å²) in [6.07, 6.45) is -5.51. The molecular weight excluding hydrogens is 425 g/mol. The Balaban J connectivity index is 1.81. The van der Waals surface area contributed by atoms with Gasteiger partial charge < -0.3 is 14.6 Å². The van der Waals surface area contributed by atoms with E-state index in [1.165, 1.54) is 0 Å². The molecule has 3 rings (SSSR count). The lowest BCUT2D eigenvalue weighted by atomic mass is 10.1. The number of nitrogens with zero attached hydrogens (tertiary/aromatic N) is 1. The fraction of sp³-hybridized carbons (Fsp3) is 0.174. The molecule has 1 N–H and O–H groups in total. The van der Waals surface area contributed by atoms with E-state index in [-0.39, 0.29) is 0 Å². The van der Waals surface area contributed by atoms with Crippen molar-refractivity contribution in [1.29, 1.82) is 0 Å². The summed E-state index contributed by atoms with van der Waals surface area (Å²) in [5.74, 6) is -1.69. The molecule has 0 aliphatic rings. The van der Waals surface area contributed by atoms with Gasteiger partial charge in [-0.2, -0.15) is 13.2 Å². The molecule has 166 valence electrons. The molecule has 0 saturated heterocycles. The lowest BCUT2D eigenvalue weighted by Crippen LogP contribution is -2.30. The molecule has 3 aromatic rings. The van der Waals surface area contributed by atoms with Gasteiger partial charge in [-0.3, -0.25) is 14.4 Å². The Morgan fingerprint density at radius 1 is 1.00 bits per heavy atom. The van der Waals surface area contributed by atoms with Gasteiger partial charge in [0.25, 0.3) is 11.5 Å². The summed E-state index contributed by atoms with van der Waals surface area (Å²) >= 11 is 0. The molecule has 0 fully saturated rings. The van der Waals surface area contributed by atoms with Gasteiger partial charge >= 0.3 is 12.1 Å². The minimum Gasteiger partial charge on any atom is -0.446 e. The first-order valence-electron chi connectivity index (χ1n) is 9.53. The molecule has 9 heteroatoms. The minimum atomic E-state index is -4.68. The van der Waals surface area contributed by atoms with Gasteiger partial charge in [-0.05, 0) is 25.1 Å². The largest absolute Gasteiger partial charge is 0.446 e. The molecule has 0 saturated carbocycles. The predicted octanol–water partition coefficient (Wildman–Crippen LogP) is 4.10. The second kappa shape index (κ2) is 9.51. The van der Waals surface area contributed by atoms with Gasteiger partial charge in [-0.15, -0.1) is 0 Å². The normalized spacial score (nSPS) is 12.1. The minimum absolute atomic E-state index is 0.363. The van der Waals surface area contributed by atoms with Crippen LogP contribution in [0.25, 0.3) is 0 Å². The Labute approximate surface area is 181 Å². The highest BCUT2D eigenvalue weighted by molar-refractivity contribution is 5.96. The fourth-order valence-corrected chi connectivity index (χ4v) is 2.88. The van der Waals surface area contributed by atoms with Gasteiger partial charge in [-0.1, -0.05) is 48.0 Å². The van der Waals surface area contributed by atoms with E-state index in [2.05, 4.69) is 5.32 Å². The van der Waals surface area contributed by atoms with Crippen molar-refractivity contribution in [2.75, 3.05) is 5.32 Å². The van der Waals surface area contributed by atoms with E-state index in [0.717, 1.165) is 11.6 Å². The van der Waals surface area contributed by atoms with E-state index >= 15 is 0 Å². The van der Waals surface area contributed by atoms with Gasteiger partial charge in [0, 0.05) is 23.5 Å². The summed E-state index contributed by atoms with van der Waals surface area (Å²) in [6.45, 7) is 1.10. The number of amides is 1. The van der Waals surface area contributed by atoms with Crippen LogP contribution in [-0.4, -0.2) is 16.4 Å². The van der Waals surface area contributed by atoms with Crippen LogP contribution in [0.3, 0.4) is 0 Å². The number of aryl methyl sites for hydroxylation is 1. The van der Waals surface area contributed by atoms with Crippen molar-refractivity contribution in [3.05, 3.63) is 100.0 Å². The third-order valence-corrected chi connectivity index (χ3v) is 4.52. The zero-order valence-corrected chi connectivity index (χ0v) is 16.9. The molecule has 1 aromatic heterocycles. The fourth-order valence-electron chi connectivity index (χ4n) is 2.88. The van der Waals surface area contributed by atoms with Crippen LogP contribution >= 0.6 is 0 Å². The van der Waals surface area contributed by atoms with Crippen LogP contribution in [0.15, 0.2) is 77.7 Å². The highest BCUT2D eigenvalue weighted by atomic mass is 19.4. The smallest absolute Gasteiger partial charge is 0.417 e. The number of nitrogens with one attached hydrogen (secondary N) is 1. The Kier molecular flexibility index (Phi) is 6.77. The number of pyridine rings is 1. The Morgan fingerprint density at radius 3 is 2.28 bits per heavy atom. The SMILES string of the molecule is Cc1ccc(NC(=O)[C@@H](OC(=O)Cn2cc(C(F)(F)F)ccc2=O)c2ccccc2)cc1. The average Bonchev–Trinajstić information content (AvgIpc) is 2.75. The van der Waals surface area contributed by atoms with Gasteiger partial charge in [0.15, 0.2) is 0 Å². The first-order valence-corrected chi connectivity index (χ1v) is 9.53. The monoisotopic (exact) mass is 444 g/mol. The van der Waals surface area contributed by atoms with Crippen LogP contribution in [0.1, 0.15) is 22.8 Å². The summed E-state index contributed by atoms with van der Waals surface area (Å²) in [5.41, 5.74) is -0.0639. The third kappa shape index (κ3) is 5.84. The Morgan fingerprint density at radius 2 is 1.66 bits per heavy atom. The lowest BCUT2D eigenvalue weighted by molar-refractivity contribution is -0.155. The molecule has 2 aromatic carbocycles. The summed E-state index contributed by atoms with van der Waals surface area (Å²) in [4.78, 5) is 37.2. The van der Waals surface area contributed by atoms with Crippen LogP contribution in [0.5, 0.6) is 0 Å². The molecule has 0 radical (unpaired) electrons. The number of esters is 1. The van der Waals surface area contributed by atoms with E-state index in [9.17, 15) is 27.6 Å². The van der Waals surface area contributed by atoms with Gasteiger partial charge in [0.2, 0.25) is 6.10 Å². The van der Waals surface area contributed by atoms with Gasteiger partial charge in [-0.25, -0.2) is 0 Å². The number of hydrogen-bond donors (Lipinski definition) is 1. The predicted molar refractivity (Wildman–Crippen MR) is 111 cm³/mol. The van der Waals surface area contributed by atoms with Gasteiger partial charge in [0.05, 0.1) is 5.56 Å². The molecule has 1 atom stereocenters. The van der Waals surface area contributed by atoms with Crippen molar-refractivity contribution in [3.63, 3.8) is 0 Å². The summed E-state index contributed by atoms with van der Waals surface area (Å²) in [6, 6.07) is 16.4. The standard InChI is InChI=1S/C23H19F3N2O4/c1-15-7-10-18(11-8-15)27-22(31)21(16-5-3-2-4-6-16)32-20(30)14-28-13-17(23(24,25)26)9-12-19(28)29/h2-13,21H,14H2,1H3,(H,27,31)/t21-/m0/s1. The van der Waals surface area contributed by atoms with E-state index < -0.39 is 41.8 Å². The van der Waals surface area contributed by atoms with Crippen LogP contribution in [-0.2, 0) is 27.0 Å². The second-order valence-electron chi connectivity index (χ2n) is 7.02. The maximum atomic E-state index is 12.9.